The molecule has 5 rings (SSSR count). The molecular weight excluding hydrogens is 548 g/mol. The average Bonchev–Trinajstić information content (AvgIpc) is 3.57. The molecule has 0 radical (unpaired) electrons. The second kappa shape index (κ2) is 11.8. The van der Waals surface area contributed by atoms with Crippen molar-refractivity contribution >= 4 is 41.0 Å². The van der Waals surface area contributed by atoms with E-state index < -0.39 is 0 Å². The first kappa shape index (κ1) is 28.5. The van der Waals surface area contributed by atoms with E-state index in [4.69, 9.17) is 26.2 Å². The van der Waals surface area contributed by atoms with Gasteiger partial charge < -0.3 is 14.8 Å². The summed E-state index contributed by atoms with van der Waals surface area (Å²) in [5.74, 6) is 1.04. The zero-order valence-corrected chi connectivity index (χ0v) is 24.8. The van der Waals surface area contributed by atoms with Gasteiger partial charge in [0.05, 0.1) is 40.6 Å². The number of carbonyl (C=O) groups excluding carboxylic acids is 2. The third-order valence-corrected chi connectivity index (χ3v) is 8.71. The topological polar surface area (TPSA) is 85.7 Å². The molecule has 0 saturated carbocycles. The van der Waals surface area contributed by atoms with Crippen molar-refractivity contribution < 1.29 is 19.1 Å². The fourth-order valence-electron chi connectivity index (χ4n) is 5.23. The molecule has 0 aliphatic carbocycles. The van der Waals surface area contributed by atoms with Gasteiger partial charge in [0, 0.05) is 29.7 Å². The molecule has 1 N–H and O–H groups in total. The summed E-state index contributed by atoms with van der Waals surface area (Å²) in [6.07, 6.45) is 1.91. The second-order valence-corrected chi connectivity index (χ2v) is 12.6. The monoisotopic (exact) mass is 582 g/mol. The minimum atomic E-state index is -0.376. The summed E-state index contributed by atoms with van der Waals surface area (Å²) in [4.78, 5) is 28.7. The van der Waals surface area contributed by atoms with Gasteiger partial charge in [-0.25, -0.2) is 4.68 Å². The van der Waals surface area contributed by atoms with Gasteiger partial charge in [0.15, 0.2) is 0 Å². The standard InChI is InChI=1S/C30H35ClN4O4S/c1-30(2,3)28-26-27(20-11-5-8-14-23(20)38-4)40-18-25(37)34(17-24(36)32-16-19-10-9-15-39-19)29(26)35(33-28)22-13-7-6-12-21(22)31/h5-8,11-14,19,27H,9-10,15-18H2,1-4H3,(H,32,36)/t19-,27+/m0/s1. The van der Waals surface area contributed by atoms with Crippen molar-refractivity contribution in [2.45, 2.75) is 50.4 Å². The highest BCUT2D eigenvalue weighted by atomic mass is 35.5. The van der Waals surface area contributed by atoms with Crippen LogP contribution in [-0.4, -0.2) is 60.3 Å². The number of ether oxygens (including phenoxy) is 2. The van der Waals surface area contributed by atoms with Crippen molar-refractivity contribution in [3.63, 3.8) is 0 Å². The van der Waals surface area contributed by atoms with Crippen molar-refractivity contribution in [1.29, 1.82) is 0 Å². The van der Waals surface area contributed by atoms with Crippen LogP contribution >= 0.6 is 23.4 Å². The van der Waals surface area contributed by atoms with Crippen LogP contribution in [0.3, 0.4) is 0 Å². The maximum Gasteiger partial charge on any atom is 0.240 e. The van der Waals surface area contributed by atoms with Gasteiger partial charge in [0.1, 0.15) is 18.1 Å². The molecule has 2 aliphatic heterocycles. The van der Waals surface area contributed by atoms with Crippen LogP contribution in [0.2, 0.25) is 5.02 Å². The molecule has 2 aromatic carbocycles. The van der Waals surface area contributed by atoms with E-state index in [0.29, 0.717) is 29.7 Å². The highest BCUT2D eigenvalue weighted by Crippen LogP contribution is 2.50. The van der Waals surface area contributed by atoms with E-state index in [1.54, 1.807) is 22.8 Å². The Labute approximate surface area is 244 Å². The number of halogens is 1. The highest BCUT2D eigenvalue weighted by molar-refractivity contribution is 8.00. The first-order valence-electron chi connectivity index (χ1n) is 13.5. The van der Waals surface area contributed by atoms with Gasteiger partial charge in [-0.15, -0.1) is 11.8 Å². The van der Waals surface area contributed by atoms with Crippen LogP contribution in [0.25, 0.3) is 5.69 Å². The minimum absolute atomic E-state index is 0.00553. The molecule has 40 heavy (non-hydrogen) atoms. The van der Waals surface area contributed by atoms with Crippen molar-refractivity contribution in [1.82, 2.24) is 15.1 Å². The van der Waals surface area contributed by atoms with E-state index in [-0.39, 0.29) is 40.9 Å². The number of carbonyl (C=O) groups is 2. The number of fused-ring (bicyclic) bond motifs is 1. The Balaban J connectivity index is 1.68. The zero-order valence-electron chi connectivity index (χ0n) is 23.3. The number of anilines is 1. The van der Waals surface area contributed by atoms with Crippen LogP contribution in [0.5, 0.6) is 5.75 Å². The van der Waals surface area contributed by atoms with Gasteiger partial charge in [-0.2, -0.15) is 5.10 Å². The number of benzene rings is 2. The van der Waals surface area contributed by atoms with Crippen molar-refractivity contribution in [3.8, 4) is 11.4 Å². The Morgan fingerprint density at radius 2 is 1.95 bits per heavy atom. The molecule has 2 atom stereocenters. The number of rotatable bonds is 7. The van der Waals surface area contributed by atoms with E-state index in [1.165, 1.54) is 11.8 Å². The summed E-state index contributed by atoms with van der Waals surface area (Å²) in [6.45, 7) is 7.29. The predicted octanol–water partition coefficient (Wildman–Crippen LogP) is 5.30. The molecule has 0 bridgehead atoms. The average molecular weight is 583 g/mol. The fraction of sp³-hybridized carbons (Fsp3) is 0.433. The molecule has 2 aliphatic rings. The number of nitrogens with one attached hydrogen (secondary N) is 1. The largest absolute Gasteiger partial charge is 0.496 e. The molecule has 8 nitrogen and oxygen atoms in total. The second-order valence-electron chi connectivity index (χ2n) is 11.1. The smallest absolute Gasteiger partial charge is 0.240 e. The van der Waals surface area contributed by atoms with Crippen molar-refractivity contribution in [2.24, 2.45) is 0 Å². The summed E-state index contributed by atoms with van der Waals surface area (Å²) >= 11 is 8.21. The third-order valence-electron chi connectivity index (χ3n) is 7.15. The normalized spacial score (nSPS) is 19.3. The molecule has 212 valence electrons. The number of amides is 2. The summed E-state index contributed by atoms with van der Waals surface area (Å²) in [5.41, 5.74) is 2.90. The van der Waals surface area contributed by atoms with E-state index in [9.17, 15) is 9.59 Å². The molecule has 10 heteroatoms. The fourth-order valence-corrected chi connectivity index (χ4v) is 6.66. The van der Waals surface area contributed by atoms with Crippen LogP contribution in [-0.2, 0) is 19.7 Å². The summed E-state index contributed by atoms with van der Waals surface area (Å²) < 4.78 is 13.2. The number of nitrogens with zero attached hydrogens (tertiary/aromatic N) is 3. The van der Waals surface area contributed by atoms with E-state index in [1.807, 2.05) is 42.5 Å². The van der Waals surface area contributed by atoms with Crippen LogP contribution in [0.15, 0.2) is 48.5 Å². The maximum atomic E-state index is 13.8. The first-order valence-corrected chi connectivity index (χ1v) is 14.9. The Morgan fingerprint density at radius 1 is 1.20 bits per heavy atom. The van der Waals surface area contributed by atoms with Crippen LogP contribution in [0.4, 0.5) is 5.82 Å². The number of methoxy groups -OCH3 is 1. The number of hydrogen-bond donors (Lipinski definition) is 1. The third kappa shape index (κ3) is 5.73. The minimum Gasteiger partial charge on any atom is -0.496 e. The molecule has 1 fully saturated rings. The first-order chi connectivity index (χ1) is 19.2. The van der Waals surface area contributed by atoms with Gasteiger partial charge >= 0.3 is 0 Å². The van der Waals surface area contributed by atoms with Crippen molar-refractivity contribution in [3.05, 3.63) is 70.4 Å². The van der Waals surface area contributed by atoms with E-state index in [2.05, 4.69) is 26.1 Å². The predicted molar refractivity (Wildman–Crippen MR) is 159 cm³/mol. The number of para-hydroxylation sites is 2. The number of thioether (sulfide) groups is 1. The Kier molecular flexibility index (Phi) is 8.44. The van der Waals surface area contributed by atoms with Gasteiger partial charge in [-0.3, -0.25) is 14.5 Å². The van der Waals surface area contributed by atoms with Gasteiger partial charge in [0.2, 0.25) is 11.8 Å². The molecule has 2 amide bonds. The Morgan fingerprint density at radius 3 is 2.65 bits per heavy atom. The van der Waals surface area contributed by atoms with Gasteiger partial charge in [-0.1, -0.05) is 62.7 Å². The van der Waals surface area contributed by atoms with Crippen LogP contribution < -0.4 is 15.0 Å². The van der Waals surface area contributed by atoms with Gasteiger partial charge in [0.25, 0.3) is 0 Å². The van der Waals surface area contributed by atoms with Crippen LogP contribution in [0.1, 0.15) is 55.7 Å². The van der Waals surface area contributed by atoms with Gasteiger partial charge in [-0.05, 0) is 31.0 Å². The molecule has 3 aromatic rings. The summed E-state index contributed by atoms with van der Waals surface area (Å²) in [6, 6.07) is 15.3. The van der Waals surface area contributed by atoms with Crippen LogP contribution in [0, 0.1) is 0 Å². The van der Waals surface area contributed by atoms with E-state index in [0.717, 1.165) is 35.4 Å². The maximum absolute atomic E-state index is 13.8. The Hall–Kier alpha value is -3.01. The zero-order chi connectivity index (χ0) is 28.4. The summed E-state index contributed by atoms with van der Waals surface area (Å²) in [7, 11) is 1.65. The molecule has 1 aromatic heterocycles. The molecule has 0 spiro atoms. The lowest BCUT2D eigenvalue weighted by Gasteiger charge is -2.25. The molecular formula is C30H35ClN4O4S. The van der Waals surface area contributed by atoms with Crippen molar-refractivity contribution in [2.75, 3.05) is 37.5 Å². The lowest BCUT2D eigenvalue weighted by Crippen LogP contribution is -2.44. The number of hydrogen-bond acceptors (Lipinski definition) is 6. The highest BCUT2D eigenvalue weighted by Gasteiger charge is 2.41. The Bertz CT molecular complexity index is 1400. The quantitative estimate of drug-likeness (QED) is 0.407. The lowest BCUT2D eigenvalue weighted by atomic mass is 9.87. The molecule has 1 saturated heterocycles. The molecule has 3 heterocycles. The summed E-state index contributed by atoms with van der Waals surface area (Å²) in [5, 5.41) is 8.30. The SMILES string of the molecule is COc1ccccc1[C@H]1SCC(=O)N(CC(=O)NC[C@@H]2CCCO2)c2c1c(C(C)(C)C)nn2-c1ccccc1Cl. The lowest BCUT2D eigenvalue weighted by molar-refractivity contribution is -0.123. The number of aromatic nitrogens is 2. The van der Waals surface area contributed by atoms with E-state index >= 15 is 0 Å². The molecule has 0 unspecified atom stereocenters.